The van der Waals surface area contributed by atoms with E-state index in [9.17, 15) is 4.79 Å². The largest absolute Gasteiger partial charge is 0.372 e. The van der Waals surface area contributed by atoms with Crippen molar-refractivity contribution in [1.29, 1.82) is 0 Å². The summed E-state index contributed by atoms with van der Waals surface area (Å²) in [4.78, 5) is 15.6. The highest BCUT2D eigenvalue weighted by Crippen LogP contribution is 2.39. The van der Waals surface area contributed by atoms with E-state index in [2.05, 4.69) is 31.2 Å². The lowest BCUT2D eigenvalue weighted by molar-refractivity contribution is -0.0327. The van der Waals surface area contributed by atoms with Crippen molar-refractivity contribution in [3.8, 4) is 0 Å². The summed E-state index contributed by atoms with van der Waals surface area (Å²) >= 11 is 0. The molecule has 3 N–H and O–H groups in total. The number of nitrogens with one attached hydrogen (secondary N) is 1. The van der Waals surface area contributed by atoms with E-state index >= 15 is 0 Å². The smallest absolute Gasteiger partial charge is 0.266 e. The zero-order chi connectivity index (χ0) is 15.5. The molecule has 1 heterocycles. The number of pyridine rings is 1. The molecule has 0 aliphatic heterocycles. The summed E-state index contributed by atoms with van der Waals surface area (Å²) in [5, 5.41) is 0. The fourth-order valence-corrected chi connectivity index (χ4v) is 3.32. The molecule has 0 bridgehead atoms. The van der Waals surface area contributed by atoms with Crippen molar-refractivity contribution in [1.82, 2.24) is 10.4 Å². The predicted molar refractivity (Wildman–Crippen MR) is 81.3 cm³/mol. The van der Waals surface area contributed by atoms with Gasteiger partial charge in [-0.25, -0.2) is 5.84 Å². The molecular weight excluding hydrogens is 266 g/mol. The third-order valence-electron chi connectivity index (χ3n) is 4.03. The van der Waals surface area contributed by atoms with Gasteiger partial charge in [0, 0.05) is 6.20 Å². The van der Waals surface area contributed by atoms with Crippen molar-refractivity contribution in [2.24, 2.45) is 17.2 Å². The van der Waals surface area contributed by atoms with Gasteiger partial charge in [-0.1, -0.05) is 20.8 Å². The van der Waals surface area contributed by atoms with Gasteiger partial charge in [0.25, 0.3) is 5.91 Å². The van der Waals surface area contributed by atoms with E-state index in [4.69, 9.17) is 10.6 Å². The van der Waals surface area contributed by atoms with E-state index in [0.717, 1.165) is 18.5 Å². The van der Waals surface area contributed by atoms with Crippen LogP contribution in [-0.2, 0) is 11.3 Å². The SMILES string of the molecule is CC1CC(OCc2ccc(C(=O)NN)cn2)CC(C)(C)C1. The third kappa shape index (κ3) is 4.51. The van der Waals surface area contributed by atoms with E-state index < -0.39 is 0 Å². The van der Waals surface area contributed by atoms with Gasteiger partial charge >= 0.3 is 0 Å². The van der Waals surface area contributed by atoms with Gasteiger partial charge in [-0.2, -0.15) is 0 Å². The van der Waals surface area contributed by atoms with E-state index in [1.807, 2.05) is 6.07 Å². The molecule has 0 saturated heterocycles. The first-order chi connectivity index (χ1) is 9.89. The maximum atomic E-state index is 11.3. The molecule has 0 spiro atoms. The van der Waals surface area contributed by atoms with Crippen LogP contribution in [0.15, 0.2) is 18.3 Å². The minimum Gasteiger partial charge on any atom is -0.372 e. The molecule has 1 aromatic rings. The van der Waals surface area contributed by atoms with Gasteiger partial charge in [-0.3, -0.25) is 15.2 Å². The molecule has 0 aromatic carbocycles. The monoisotopic (exact) mass is 291 g/mol. The first-order valence-corrected chi connectivity index (χ1v) is 7.47. The second-order valence-electron chi connectivity index (χ2n) is 6.86. The standard InChI is InChI=1S/C16H25N3O2/c1-11-6-14(8-16(2,3)7-11)21-10-13-5-4-12(9-18-13)15(20)19-17/h4-5,9,11,14H,6-8,10,17H2,1-3H3,(H,19,20). The number of carbonyl (C=O) groups is 1. The Bertz CT molecular complexity index is 485. The number of ether oxygens (including phenoxy) is 1. The van der Waals surface area contributed by atoms with Crippen LogP contribution in [0.25, 0.3) is 0 Å². The molecule has 2 unspecified atom stereocenters. The summed E-state index contributed by atoms with van der Waals surface area (Å²) < 4.78 is 6.01. The zero-order valence-corrected chi connectivity index (χ0v) is 13.1. The van der Waals surface area contributed by atoms with Gasteiger partial charge in [0.15, 0.2) is 0 Å². The lowest BCUT2D eigenvalue weighted by Gasteiger charge is -2.38. The molecule has 116 valence electrons. The van der Waals surface area contributed by atoms with Crippen molar-refractivity contribution >= 4 is 5.91 Å². The molecule has 1 saturated carbocycles. The summed E-state index contributed by atoms with van der Waals surface area (Å²) in [6.45, 7) is 7.38. The molecule has 2 rings (SSSR count). The Morgan fingerprint density at radius 1 is 1.48 bits per heavy atom. The number of nitrogens with two attached hydrogens (primary N) is 1. The van der Waals surface area contributed by atoms with Crippen LogP contribution in [0, 0.1) is 11.3 Å². The second-order valence-corrected chi connectivity index (χ2v) is 6.86. The minimum absolute atomic E-state index is 0.289. The molecule has 1 fully saturated rings. The summed E-state index contributed by atoms with van der Waals surface area (Å²) in [5.41, 5.74) is 3.72. The highest BCUT2D eigenvalue weighted by molar-refractivity contribution is 5.93. The normalized spacial score (nSPS) is 24.6. The summed E-state index contributed by atoms with van der Waals surface area (Å²) in [7, 11) is 0. The van der Waals surface area contributed by atoms with Crippen LogP contribution in [0.4, 0.5) is 0 Å². The molecule has 1 aliphatic rings. The highest BCUT2D eigenvalue weighted by Gasteiger charge is 2.32. The van der Waals surface area contributed by atoms with Crippen LogP contribution < -0.4 is 11.3 Å². The quantitative estimate of drug-likeness (QED) is 0.507. The molecule has 21 heavy (non-hydrogen) atoms. The Kier molecular flexibility index (Phi) is 4.96. The number of rotatable bonds is 4. The van der Waals surface area contributed by atoms with E-state index in [0.29, 0.717) is 23.5 Å². The number of hydrogen-bond donors (Lipinski definition) is 2. The first kappa shape index (κ1) is 15.9. The molecule has 0 radical (unpaired) electrons. The molecular formula is C16H25N3O2. The Morgan fingerprint density at radius 3 is 2.81 bits per heavy atom. The Hall–Kier alpha value is -1.46. The summed E-state index contributed by atoms with van der Waals surface area (Å²) in [6.07, 6.45) is 5.27. The fraction of sp³-hybridized carbons (Fsp3) is 0.625. The molecule has 5 nitrogen and oxygen atoms in total. The topological polar surface area (TPSA) is 77.2 Å². The zero-order valence-electron chi connectivity index (χ0n) is 13.1. The number of carbonyl (C=O) groups excluding carboxylic acids is 1. The predicted octanol–water partition coefficient (Wildman–Crippen LogP) is 2.42. The Balaban J connectivity index is 1.89. The van der Waals surface area contributed by atoms with Crippen molar-refractivity contribution in [3.63, 3.8) is 0 Å². The lowest BCUT2D eigenvalue weighted by Crippen LogP contribution is -2.32. The van der Waals surface area contributed by atoms with E-state index in [1.54, 1.807) is 6.07 Å². The number of amides is 1. The molecule has 1 aliphatic carbocycles. The second kappa shape index (κ2) is 6.54. The van der Waals surface area contributed by atoms with Gasteiger partial charge in [0.05, 0.1) is 24.0 Å². The van der Waals surface area contributed by atoms with E-state index in [-0.39, 0.29) is 12.0 Å². The van der Waals surface area contributed by atoms with Gasteiger partial charge < -0.3 is 4.74 Å². The molecule has 1 amide bonds. The number of hydrogen-bond acceptors (Lipinski definition) is 4. The van der Waals surface area contributed by atoms with Crippen LogP contribution in [0.2, 0.25) is 0 Å². The van der Waals surface area contributed by atoms with Crippen LogP contribution in [-0.4, -0.2) is 17.0 Å². The van der Waals surface area contributed by atoms with Gasteiger partial charge in [-0.05, 0) is 42.7 Å². The Morgan fingerprint density at radius 2 is 2.24 bits per heavy atom. The van der Waals surface area contributed by atoms with Gasteiger partial charge in [-0.15, -0.1) is 0 Å². The minimum atomic E-state index is -0.335. The van der Waals surface area contributed by atoms with Crippen LogP contribution in [0.1, 0.15) is 56.1 Å². The summed E-state index contributed by atoms with van der Waals surface area (Å²) in [6, 6.07) is 3.52. The van der Waals surface area contributed by atoms with Crippen molar-refractivity contribution in [2.45, 2.75) is 52.7 Å². The maximum Gasteiger partial charge on any atom is 0.266 e. The third-order valence-corrected chi connectivity index (χ3v) is 4.03. The average Bonchev–Trinajstić information content (AvgIpc) is 2.43. The van der Waals surface area contributed by atoms with Crippen LogP contribution in [0.3, 0.4) is 0 Å². The van der Waals surface area contributed by atoms with Crippen molar-refractivity contribution in [3.05, 3.63) is 29.6 Å². The average molecular weight is 291 g/mol. The van der Waals surface area contributed by atoms with Gasteiger partial charge in [0.1, 0.15) is 0 Å². The summed E-state index contributed by atoms with van der Waals surface area (Å²) in [5.74, 6) is 5.45. The molecule has 2 atom stereocenters. The molecule has 5 heteroatoms. The lowest BCUT2D eigenvalue weighted by atomic mass is 9.71. The van der Waals surface area contributed by atoms with Crippen molar-refractivity contribution in [2.75, 3.05) is 0 Å². The maximum absolute atomic E-state index is 11.3. The first-order valence-electron chi connectivity index (χ1n) is 7.47. The fourth-order valence-electron chi connectivity index (χ4n) is 3.32. The number of nitrogen functional groups attached to an aromatic ring is 1. The molecule has 1 aromatic heterocycles. The van der Waals surface area contributed by atoms with Crippen LogP contribution >= 0.6 is 0 Å². The van der Waals surface area contributed by atoms with Crippen molar-refractivity contribution < 1.29 is 9.53 Å². The van der Waals surface area contributed by atoms with E-state index in [1.165, 1.54) is 12.6 Å². The Labute approximate surface area is 126 Å². The van der Waals surface area contributed by atoms with Crippen LogP contribution in [0.5, 0.6) is 0 Å². The highest BCUT2D eigenvalue weighted by atomic mass is 16.5. The number of hydrazine groups is 1. The van der Waals surface area contributed by atoms with Gasteiger partial charge in [0.2, 0.25) is 0 Å². The number of aromatic nitrogens is 1. The number of nitrogens with zero attached hydrogens (tertiary/aromatic N) is 1.